The molecule has 1 amide bonds. The molecule has 2 aromatic carbocycles. The Balaban J connectivity index is 2.01. The second-order valence-corrected chi connectivity index (χ2v) is 5.12. The molecular formula is C15H12Cl2FNO. The van der Waals surface area contributed by atoms with Gasteiger partial charge in [0.15, 0.2) is 5.82 Å². The normalized spacial score (nSPS) is 11.9. The molecule has 2 aromatic rings. The van der Waals surface area contributed by atoms with E-state index in [4.69, 9.17) is 23.2 Å². The molecule has 1 unspecified atom stereocenters. The van der Waals surface area contributed by atoms with Crippen LogP contribution in [0, 0.1) is 5.82 Å². The fraction of sp³-hybridized carbons (Fsp3) is 0.133. The molecule has 0 radical (unpaired) electrons. The number of rotatable bonds is 4. The van der Waals surface area contributed by atoms with Crippen molar-refractivity contribution in [2.24, 2.45) is 0 Å². The number of halogens is 3. The van der Waals surface area contributed by atoms with E-state index in [1.807, 2.05) is 30.3 Å². The van der Waals surface area contributed by atoms with Crippen molar-refractivity contribution < 1.29 is 9.18 Å². The first kappa shape index (κ1) is 14.8. The summed E-state index contributed by atoms with van der Waals surface area (Å²) in [6.45, 7) is 0.205. The lowest BCUT2D eigenvalue weighted by atomic mass is 10.1. The minimum atomic E-state index is -0.725. The van der Waals surface area contributed by atoms with E-state index in [2.05, 4.69) is 5.32 Å². The molecule has 0 saturated heterocycles. The number of hydrogen-bond donors (Lipinski definition) is 1. The lowest BCUT2D eigenvalue weighted by molar-refractivity contribution is 0.0949. The Morgan fingerprint density at radius 1 is 1.15 bits per heavy atom. The lowest BCUT2D eigenvalue weighted by Crippen LogP contribution is -2.27. The number of carbonyl (C=O) groups excluding carboxylic acids is 1. The number of carbonyl (C=O) groups is 1. The maximum absolute atomic E-state index is 13.7. The molecule has 1 atom stereocenters. The SMILES string of the molecule is O=C(NCC(Cl)c1ccccc1)c1cccc(Cl)c1F. The van der Waals surface area contributed by atoms with Crippen LogP contribution in [0.15, 0.2) is 48.5 Å². The van der Waals surface area contributed by atoms with E-state index in [0.717, 1.165) is 5.56 Å². The predicted octanol–water partition coefficient (Wildman–Crippen LogP) is 4.19. The molecular weight excluding hydrogens is 300 g/mol. The van der Waals surface area contributed by atoms with Gasteiger partial charge in [-0.2, -0.15) is 0 Å². The van der Waals surface area contributed by atoms with Crippen LogP contribution in [-0.4, -0.2) is 12.5 Å². The van der Waals surface area contributed by atoms with E-state index < -0.39 is 11.7 Å². The van der Waals surface area contributed by atoms with Crippen LogP contribution < -0.4 is 5.32 Å². The minimum absolute atomic E-state index is 0.0804. The highest BCUT2D eigenvalue weighted by Gasteiger charge is 2.15. The van der Waals surface area contributed by atoms with Gasteiger partial charge in [-0.3, -0.25) is 4.79 Å². The number of hydrogen-bond acceptors (Lipinski definition) is 1. The van der Waals surface area contributed by atoms with Crippen molar-refractivity contribution in [3.8, 4) is 0 Å². The second-order valence-electron chi connectivity index (χ2n) is 4.19. The van der Waals surface area contributed by atoms with E-state index in [9.17, 15) is 9.18 Å². The van der Waals surface area contributed by atoms with E-state index in [0.29, 0.717) is 0 Å². The fourth-order valence-corrected chi connectivity index (χ4v) is 2.13. The number of nitrogens with one attached hydrogen (secondary N) is 1. The van der Waals surface area contributed by atoms with Crippen LogP contribution in [0.5, 0.6) is 0 Å². The average molecular weight is 312 g/mol. The summed E-state index contributed by atoms with van der Waals surface area (Å²) in [5, 5.41) is 2.14. The van der Waals surface area contributed by atoms with Crippen LogP contribution in [-0.2, 0) is 0 Å². The van der Waals surface area contributed by atoms with Crippen molar-refractivity contribution in [2.75, 3.05) is 6.54 Å². The third kappa shape index (κ3) is 3.50. The molecule has 2 rings (SSSR count). The highest BCUT2D eigenvalue weighted by molar-refractivity contribution is 6.31. The first-order valence-corrected chi connectivity index (χ1v) is 6.82. The standard InChI is InChI=1S/C15H12Cl2FNO/c16-12-8-4-7-11(14(12)18)15(20)19-9-13(17)10-5-2-1-3-6-10/h1-8,13H,9H2,(H,19,20). The highest BCUT2D eigenvalue weighted by atomic mass is 35.5. The largest absolute Gasteiger partial charge is 0.350 e. The Hall–Kier alpha value is -1.58. The third-order valence-electron chi connectivity index (χ3n) is 2.80. The monoisotopic (exact) mass is 311 g/mol. The van der Waals surface area contributed by atoms with Gasteiger partial charge in [0.05, 0.1) is 16.0 Å². The minimum Gasteiger partial charge on any atom is -0.350 e. The topological polar surface area (TPSA) is 29.1 Å². The van der Waals surface area contributed by atoms with Gasteiger partial charge < -0.3 is 5.32 Å². The maximum Gasteiger partial charge on any atom is 0.254 e. The molecule has 0 fully saturated rings. The fourth-order valence-electron chi connectivity index (χ4n) is 1.74. The van der Waals surface area contributed by atoms with Gasteiger partial charge in [-0.05, 0) is 17.7 Å². The maximum atomic E-state index is 13.7. The summed E-state index contributed by atoms with van der Waals surface area (Å²) in [6.07, 6.45) is 0. The molecule has 0 aromatic heterocycles. The first-order chi connectivity index (χ1) is 9.59. The van der Waals surface area contributed by atoms with Crippen LogP contribution in [0.2, 0.25) is 5.02 Å². The number of benzene rings is 2. The van der Waals surface area contributed by atoms with Crippen molar-refractivity contribution in [3.63, 3.8) is 0 Å². The number of alkyl halides is 1. The quantitative estimate of drug-likeness (QED) is 0.843. The van der Waals surface area contributed by atoms with Gasteiger partial charge in [0.25, 0.3) is 5.91 Å². The molecule has 0 aliphatic heterocycles. The van der Waals surface area contributed by atoms with E-state index in [-0.39, 0.29) is 22.5 Å². The van der Waals surface area contributed by atoms with E-state index in [1.165, 1.54) is 18.2 Å². The van der Waals surface area contributed by atoms with Crippen molar-refractivity contribution in [1.29, 1.82) is 0 Å². The summed E-state index contributed by atoms with van der Waals surface area (Å²) < 4.78 is 13.7. The summed E-state index contributed by atoms with van der Waals surface area (Å²) in [7, 11) is 0. The lowest BCUT2D eigenvalue weighted by Gasteiger charge is -2.11. The Labute approximate surface area is 126 Å². The molecule has 0 aliphatic rings. The smallest absolute Gasteiger partial charge is 0.254 e. The van der Waals surface area contributed by atoms with Crippen LogP contribution in [0.3, 0.4) is 0 Å². The zero-order valence-corrected chi connectivity index (χ0v) is 12.0. The van der Waals surface area contributed by atoms with Crippen LogP contribution in [0.1, 0.15) is 21.3 Å². The molecule has 2 nitrogen and oxygen atoms in total. The average Bonchev–Trinajstić information content (AvgIpc) is 2.48. The summed E-state index contributed by atoms with van der Waals surface area (Å²) in [4.78, 5) is 11.9. The first-order valence-electron chi connectivity index (χ1n) is 6.01. The molecule has 5 heteroatoms. The highest BCUT2D eigenvalue weighted by Crippen LogP contribution is 2.20. The van der Waals surface area contributed by atoms with Gasteiger partial charge in [-0.1, -0.05) is 48.0 Å². The third-order valence-corrected chi connectivity index (χ3v) is 3.50. The number of amides is 1. The predicted molar refractivity (Wildman–Crippen MR) is 78.8 cm³/mol. The van der Waals surface area contributed by atoms with Gasteiger partial charge in [0, 0.05) is 6.54 Å². The van der Waals surface area contributed by atoms with Crippen molar-refractivity contribution in [2.45, 2.75) is 5.38 Å². The zero-order chi connectivity index (χ0) is 14.5. The molecule has 1 N–H and O–H groups in total. The van der Waals surface area contributed by atoms with Gasteiger partial charge in [0.1, 0.15) is 0 Å². The van der Waals surface area contributed by atoms with E-state index >= 15 is 0 Å². The second kappa shape index (κ2) is 6.73. The molecule has 104 valence electrons. The Kier molecular flexibility index (Phi) is 4.99. The van der Waals surface area contributed by atoms with Crippen molar-refractivity contribution in [1.82, 2.24) is 5.32 Å². The zero-order valence-electron chi connectivity index (χ0n) is 10.4. The summed E-state index contributed by atoms with van der Waals surface area (Å²) in [6, 6.07) is 13.6. The Morgan fingerprint density at radius 2 is 1.85 bits per heavy atom. The van der Waals surface area contributed by atoms with Crippen molar-refractivity contribution >= 4 is 29.1 Å². The summed E-state index contributed by atoms with van der Waals surface area (Å²) >= 11 is 11.8. The molecule has 0 aliphatic carbocycles. The Bertz CT molecular complexity index is 604. The van der Waals surface area contributed by atoms with Gasteiger partial charge in [0.2, 0.25) is 0 Å². The Morgan fingerprint density at radius 3 is 2.55 bits per heavy atom. The van der Waals surface area contributed by atoms with Crippen LogP contribution in [0.25, 0.3) is 0 Å². The van der Waals surface area contributed by atoms with Crippen molar-refractivity contribution in [3.05, 3.63) is 70.5 Å². The van der Waals surface area contributed by atoms with Gasteiger partial charge in [-0.25, -0.2) is 4.39 Å². The summed E-state index contributed by atoms with van der Waals surface area (Å²) in [5.41, 5.74) is 0.801. The van der Waals surface area contributed by atoms with Crippen LogP contribution in [0.4, 0.5) is 4.39 Å². The molecule has 20 heavy (non-hydrogen) atoms. The van der Waals surface area contributed by atoms with Gasteiger partial charge >= 0.3 is 0 Å². The summed E-state index contributed by atoms with van der Waals surface area (Å²) in [5.74, 6) is -1.26. The molecule has 0 spiro atoms. The van der Waals surface area contributed by atoms with E-state index in [1.54, 1.807) is 0 Å². The van der Waals surface area contributed by atoms with Gasteiger partial charge in [-0.15, -0.1) is 11.6 Å². The molecule has 0 heterocycles. The van der Waals surface area contributed by atoms with Crippen LogP contribution >= 0.6 is 23.2 Å². The molecule has 0 saturated carbocycles. The molecule has 0 bridgehead atoms.